The summed E-state index contributed by atoms with van der Waals surface area (Å²) in [6, 6.07) is 3.12. The van der Waals surface area contributed by atoms with E-state index in [1.807, 2.05) is 30.0 Å². The normalized spacial score (nSPS) is 19.8. The van der Waals surface area contributed by atoms with Crippen LogP contribution in [-0.2, 0) is 25.8 Å². The van der Waals surface area contributed by atoms with E-state index in [9.17, 15) is 19.5 Å². The van der Waals surface area contributed by atoms with E-state index in [1.54, 1.807) is 16.7 Å². The minimum atomic E-state index is -1.43. The second kappa shape index (κ2) is 9.52. The number of aromatic nitrogens is 2. The number of carboxylic acids is 1. The Labute approximate surface area is 217 Å². The van der Waals surface area contributed by atoms with Crippen LogP contribution in [0.3, 0.4) is 0 Å². The number of thiazole rings is 1. The minimum absolute atomic E-state index is 0.135. The first-order chi connectivity index (χ1) is 17.3. The van der Waals surface area contributed by atoms with E-state index < -0.39 is 29.2 Å². The van der Waals surface area contributed by atoms with Gasteiger partial charge in [-0.05, 0) is 13.0 Å². The number of nitrogens with zero attached hydrogens (tertiary/aromatic N) is 4. The van der Waals surface area contributed by atoms with Crippen LogP contribution in [0.25, 0.3) is 10.1 Å². The van der Waals surface area contributed by atoms with Gasteiger partial charge >= 0.3 is 0 Å². The number of oxime groups is 1. The van der Waals surface area contributed by atoms with Crippen molar-refractivity contribution in [2.45, 2.75) is 24.9 Å². The summed E-state index contributed by atoms with van der Waals surface area (Å²) in [5.41, 5.74) is 6.14. The fourth-order valence-electron chi connectivity index (χ4n) is 4.18. The van der Waals surface area contributed by atoms with Gasteiger partial charge in [0, 0.05) is 32.3 Å². The number of hydrogen-bond donors (Lipinski definition) is 2. The Bertz CT molecular complexity index is 1460. The van der Waals surface area contributed by atoms with E-state index in [0.717, 1.165) is 21.4 Å². The van der Waals surface area contributed by atoms with E-state index in [-0.39, 0.29) is 22.2 Å². The summed E-state index contributed by atoms with van der Waals surface area (Å²) >= 11 is 4.19. The first-order valence-corrected chi connectivity index (χ1v) is 13.4. The van der Waals surface area contributed by atoms with Crippen LogP contribution in [0.15, 0.2) is 46.3 Å². The van der Waals surface area contributed by atoms with Gasteiger partial charge in [0.05, 0.1) is 17.1 Å². The predicted octanol–water partition coefficient (Wildman–Crippen LogP) is -0.00948. The topological polar surface area (TPSA) is 154 Å². The van der Waals surface area contributed by atoms with Crippen LogP contribution in [0.1, 0.15) is 10.6 Å². The molecule has 2 amide bonds. The number of aryl methyl sites for hydroxylation is 1. The van der Waals surface area contributed by atoms with E-state index >= 15 is 0 Å². The lowest BCUT2D eigenvalue weighted by molar-refractivity contribution is -0.687. The van der Waals surface area contributed by atoms with Gasteiger partial charge in [-0.3, -0.25) is 14.5 Å². The number of nitrogen functional groups attached to an aromatic ring is 1. The molecule has 0 unspecified atom stereocenters. The molecule has 0 aromatic carbocycles. The molecule has 5 rings (SSSR count). The zero-order valence-electron chi connectivity index (χ0n) is 19.1. The molecule has 0 spiro atoms. The third-order valence-electron chi connectivity index (χ3n) is 5.70. The zero-order chi connectivity index (χ0) is 25.6. The molecule has 1 saturated heterocycles. The van der Waals surface area contributed by atoms with Gasteiger partial charge in [-0.2, -0.15) is 0 Å². The Kier molecular flexibility index (Phi) is 6.40. The molecule has 0 radical (unpaired) electrons. The maximum Gasteiger partial charge on any atom is 0.276 e. The van der Waals surface area contributed by atoms with Crippen molar-refractivity contribution < 1.29 is 28.9 Å². The maximum atomic E-state index is 13.0. The number of thioether (sulfide) groups is 1. The fourth-order valence-corrected chi connectivity index (χ4v) is 6.96. The number of carbonyl (C=O) groups excluding carboxylic acids is 3. The van der Waals surface area contributed by atoms with Crippen LogP contribution in [-0.4, -0.2) is 57.7 Å². The maximum absolute atomic E-state index is 13.0. The third-order valence-corrected chi connectivity index (χ3v) is 8.74. The van der Waals surface area contributed by atoms with Crippen molar-refractivity contribution in [3.05, 3.63) is 51.7 Å². The number of carbonyl (C=O) groups is 3. The standard InChI is InChI=1S/C22H20N6O5S3/c1-10-5-11-6-27(4-3-14(11)36-10)7-12-8-34-20-16(19(30)28(20)17(12)21(31)32)25-18(29)15(26-33-2)13-9-35-22(23)24-13/h3-6,9,16,20H,7-8H2,1-2H3,(H3-,23,24,25,29,31,32)/b26-15-/t16-,20-/m1/s1. The highest BCUT2D eigenvalue weighted by Gasteiger charge is 2.53. The lowest BCUT2D eigenvalue weighted by atomic mass is 10.0. The molecule has 3 N–H and O–H groups in total. The largest absolute Gasteiger partial charge is 0.543 e. The number of nitrogens with two attached hydrogens (primary N) is 1. The lowest BCUT2D eigenvalue weighted by Crippen LogP contribution is -2.71. The number of nitrogens with one attached hydrogen (secondary N) is 1. The minimum Gasteiger partial charge on any atom is -0.543 e. The molecule has 11 nitrogen and oxygen atoms in total. The van der Waals surface area contributed by atoms with Gasteiger partial charge < -0.3 is 25.8 Å². The number of carboxylic acid groups (broad SMARTS) is 1. The Morgan fingerprint density at radius 3 is 2.94 bits per heavy atom. The summed E-state index contributed by atoms with van der Waals surface area (Å²) in [5.74, 6) is -2.29. The van der Waals surface area contributed by atoms with Crippen LogP contribution in [0.4, 0.5) is 5.13 Å². The summed E-state index contributed by atoms with van der Waals surface area (Å²) in [6.07, 6.45) is 3.84. The molecule has 3 aromatic rings. The monoisotopic (exact) mass is 544 g/mol. The molecule has 2 aliphatic rings. The number of amides is 2. The molecular formula is C22H20N6O5S3. The summed E-state index contributed by atoms with van der Waals surface area (Å²) in [4.78, 5) is 49.1. The van der Waals surface area contributed by atoms with E-state index in [0.29, 0.717) is 17.9 Å². The van der Waals surface area contributed by atoms with Crippen LogP contribution in [0.5, 0.6) is 0 Å². The average molecular weight is 545 g/mol. The van der Waals surface area contributed by atoms with Crippen molar-refractivity contribution in [2.24, 2.45) is 5.16 Å². The number of β-lactam (4-membered cyclic amide) rings is 1. The molecule has 186 valence electrons. The van der Waals surface area contributed by atoms with E-state index in [1.165, 1.54) is 28.6 Å². The molecule has 5 heterocycles. The van der Waals surface area contributed by atoms with Gasteiger partial charge in [0.2, 0.25) is 0 Å². The number of fused-ring (bicyclic) bond motifs is 2. The molecule has 2 atom stereocenters. The number of aliphatic carboxylic acids is 1. The fraction of sp³-hybridized carbons (Fsp3) is 0.273. The quantitative estimate of drug-likeness (QED) is 0.182. The van der Waals surface area contributed by atoms with Gasteiger partial charge in [-0.1, -0.05) is 5.16 Å². The molecular weight excluding hydrogens is 524 g/mol. The molecule has 1 fully saturated rings. The molecule has 0 bridgehead atoms. The van der Waals surface area contributed by atoms with Crippen LogP contribution >= 0.6 is 34.4 Å². The lowest BCUT2D eigenvalue weighted by Gasteiger charge is -2.50. The van der Waals surface area contributed by atoms with Crippen molar-refractivity contribution >= 4 is 73.1 Å². The SMILES string of the molecule is CO/N=C(\C(=O)N[C@@H]1C(=O)N2C(C(=O)[O-])=C(C[n+]3ccc4sc(C)cc4c3)CS[C@H]12)c1csc(N)n1. The summed E-state index contributed by atoms with van der Waals surface area (Å²) in [6.45, 7) is 2.33. The summed E-state index contributed by atoms with van der Waals surface area (Å²) in [5, 5.41) is 20.7. The van der Waals surface area contributed by atoms with E-state index in [4.69, 9.17) is 10.6 Å². The number of hydrogen-bond acceptors (Lipinski definition) is 11. The van der Waals surface area contributed by atoms with Crippen molar-refractivity contribution in [3.8, 4) is 0 Å². The molecule has 14 heteroatoms. The van der Waals surface area contributed by atoms with Gasteiger partial charge in [0.1, 0.15) is 24.2 Å². The highest BCUT2D eigenvalue weighted by Crippen LogP contribution is 2.40. The number of pyridine rings is 1. The van der Waals surface area contributed by atoms with Gasteiger partial charge in [-0.25, -0.2) is 9.55 Å². The second-order valence-corrected chi connectivity index (χ2v) is 11.4. The Hall–Kier alpha value is -3.49. The highest BCUT2D eigenvalue weighted by atomic mass is 32.2. The van der Waals surface area contributed by atoms with Crippen LogP contribution in [0.2, 0.25) is 0 Å². The van der Waals surface area contributed by atoms with Crippen molar-refractivity contribution in [3.63, 3.8) is 0 Å². The first-order valence-electron chi connectivity index (χ1n) is 10.7. The molecule has 2 aliphatic heterocycles. The molecule has 0 aliphatic carbocycles. The van der Waals surface area contributed by atoms with Crippen molar-refractivity contribution in [1.29, 1.82) is 0 Å². The van der Waals surface area contributed by atoms with Crippen LogP contribution < -0.4 is 20.7 Å². The van der Waals surface area contributed by atoms with Gasteiger partial charge in [-0.15, -0.1) is 34.4 Å². The number of rotatable bonds is 7. The zero-order valence-corrected chi connectivity index (χ0v) is 21.5. The number of thiophene rings is 1. The average Bonchev–Trinajstić information content (AvgIpc) is 3.44. The third kappa shape index (κ3) is 4.31. The molecule has 0 saturated carbocycles. The predicted molar refractivity (Wildman–Crippen MR) is 134 cm³/mol. The summed E-state index contributed by atoms with van der Waals surface area (Å²) in [7, 11) is 1.28. The van der Waals surface area contributed by atoms with Gasteiger partial charge in [0.15, 0.2) is 29.8 Å². The Morgan fingerprint density at radius 2 is 2.25 bits per heavy atom. The number of anilines is 1. The Balaban J connectivity index is 1.36. The molecule has 36 heavy (non-hydrogen) atoms. The highest BCUT2D eigenvalue weighted by molar-refractivity contribution is 8.00. The van der Waals surface area contributed by atoms with Crippen LogP contribution in [0, 0.1) is 6.92 Å². The molecule has 3 aromatic heterocycles. The second-order valence-electron chi connectivity index (χ2n) is 8.09. The summed E-state index contributed by atoms with van der Waals surface area (Å²) < 4.78 is 3.04. The smallest absolute Gasteiger partial charge is 0.276 e. The first kappa shape index (κ1) is 24.2. The van der Waals surface area contributed by atoms with Crippen molar-refractivity contribution in [2.75, 3.05) is 18.6 Å². The van der Waals surface area contributed by atoms with E-state index in [2.05, 4.69) is 21.5 Å². The Morgan fingerprint density at radius 1 is 1.44 bits per heavy atom. The van der Waals surface area contributed by atoms with Crippen molar-refractivity contribution in [1.82, 2.24) is 15.2 Å². The van der Waals surface area contributed by atoms with Gasteiger partial charge in [0.25, 0.3) is 11.8 Å².